The van der Waals surface area contributed by atoms with Gasteiger partial charge in [0.05, 0.1) is 23.2 Å². The second kappa shape index (κ2) is 8.94. The highest BCUT2D eigenvalue weighted by molar-refractivity contribution is 6.06. The number of ketones is 1. The van der Waals surface area contributed by atoms with Crippen LogP contribution in [-0.4, -0.2) is 79.4 Å². The molecule has 3 aliphatic heterocycles. The number of aromatic amines is 1. The third kappa shape index (κ3) is 3.37. The molecule has 4 aliphatic carbocycles. The highest BCUT2D eigenvalue weighted by Crippen LogP contribution is 2.75. The number of fused-ring (bicyclic) bond motifs is 10. The van der Waals surface area contributed by atoms with E-state index in [-0.39, 0.29) is 17.6 Å². The quantitative estimate of drug-likeness (QED) is 0.300. The Morgan fingerprint density at radius 1 is 1.02 bits per heavy atom. The third-order valence-corrected chi connectivity index (χ3v) is 15.2. The summed E-state index contributed by atoms with van der Waals surface area (Å²) in [6.45, 7) is 17.8. The minimum atomic E-state index is -1.26. The number of esters is 1. The molecule has 1 aromatic carbocycles. The summed E-state index contributed by atoms with van der Waals surface area (Å²) in [7, 11) is 0. The normalized spacial score (nSPS) is 46.1. The van der Waals surface area contributed by atoms with Crippen molar-refractivity contribution in [1.82, 2.24) is 4.98 Å². The van der Waals surface area contributed by atoms with Crippen LogP contribution in [0, 0.1) is 23.2 Å². The lowest BCUT2D eigenvalue weighted by Crippen LogP contribution is -2.76. The van der Waals surface area contributed by atoms with Crippen molar-refractivity contribution in [3.63, 3.8) is 0 Å². The van der Waals surface area contributed by atoms with Gasteiger partial charge in [0.25, 0.3) is 0 Å². The average molecular weight is 662 g/mol. The number of aromatic nitrogens is 1. The van der Waals surface area contributed by atoms with Crippen molar-refractivity contribution in [2.45, 2.75) is 159 Å². The van der Waals surface area contributed by atoms with Gasteiger partial charge in [-0.2, -0.15) is 0 Å². The Morgan fingerprint density at radius 3 is 2.46 bits per heavy atom. The van der Waals surface area contributed by atoms with Gasteiger partial charge in [-0.1, -0.05) is 13.8 Å². The van der Waals surface area contributed by atoms with Gasteiger partial charge in [-0.15, -0.1) is 0 Å². The molecule has 0 bridgehead atoms. The standard InChI is InChI=1S/C39H51NO8/c1-18(41)46-35(6,7)31-29(43)32-39(47-32)25(45-31)13-14-36(8)37(9)19(12-15-38(36,39)44)16-22-26-21-17-23-27(34(4,5)48-33(23,2)3)28(42)20(21)10-11-24(26)40-30(22)37/h10-11,19,23,25,27,29,31-32,40,43-44H,12-17H2,1-9H3/t19?,23-,25?,27+,29-,31+,32+,36-,37-,38+,39+/m1/s1. The molecule has 1 aromatic heterocycles. The summed E-state index contributed by atoms with van der Waals surface area (Å²) in [5, 5.41) is 26.0. The Balaban J connectivity index is 1.13. The van der Waals surface area contributed by atoms with E-state index in [1.54, 1.807) is 13.8 Å². The molecule has 0 amide bonds. The number of carbonyl (C=O) groups is 2. The number of carbonyl (C=O) groups excluding carboxylic acids is 2. The van der Waals surface area contributed by atoms with E-state index in [9.17, 15) is 19.8 Å². The molecular weight excluding hydrogens is 610 g/mol. The van der Waals surface area contributed by atoms with Gasteiger partial charge < -0.3 is 34.1 Å². The predicted octanol–water partition coefficient (Wildman–Crippen LogP) is 5.09. The van der Waals surface area contributed by atoms with E-state index < -0.39 is 69.2 Å². The number of aliphatic hydroxyl groups excluding tert-OH is 1. The molecule has 260 valence electrons. The molecular formula is C39H51NO8. The topological polar surface area (TPSA) is 131 Å². The average Bonchev–Trinajstić information content (AvgIpc) is 3.48. The van der Waals surface area contributed by atoms with Crippen LogP contribution < -0.4 is 0 Å². The Hall–Kier alpha value is -2.30. The molecule has 2 saturated carbocycles. The first kappa shape index (κ1) is 31.7. The number of epoxide rings is 1. The van der Waals surface area contributed by atoms with Crippen molar-refractivity contribution in [2.24, 2.45) is 23.2 Å². The number of ether oxygens (including phenoxy) is 4. The summed E-state index contributed by atoms with van der Waals surface area (Å²) in [5.41, 5.74) is 0.212. The first-order chi connectivity index (χ1) is 22.3. The van der Waals surface area contributed by atoms with Gasteiger partial charge in [0, 0.05) is 45.8 Å². The second-order valence-electron chi connectivity index (χ2n) is 18.4. The number of aliphatic hydroxyl groups is 2. The van der Waals surface area contributed by atoms with Gasteiger partial charge in [0.1, 0.15) is 29.5 Å². The lowest BCUT2D eigenvalue weighted by Gasteiger charge is -2.66. The van der Waals surface area contributed by atoms with Gasteiger partial charge in [0.2, 0.25) is 0 Å². The van der Waals surface area contributed by atoms with Crippen LogP contribution in [-0.2, 0) is 42.0 Å². The van der Waals surface area contributed by atoms with Crippen LogP contribution in [0.3, 0.4) is 0 Å². The molecule has 2 aromatic rings. The molecule has 2 unspecified atom stereocenters. The van der Waals surface area contributed by atoms with E-state index >= 15 is 0 Å². The number of rotatable bonds is 2. The largest absolute Gasteiger partial charge is 0.457 e. The van der Waals surface area contributed by atoms with E-state index in [1.807, 2.05) is 6.07 Å². The van der Waals surface area contributed by atoms with Gasteiger partial charge in [-0.25, -0.2) is 0 Å². The van der Waals surface area contributed by atoms with E-state index in [4.69, 9.17) is 18.9 Å². The summed E-state index contributed by atoms with van der Waals surface area (Å²) in [5.74, 6) is -0.0213. The lowest BCUT2D eigenvalue weighted by atomic mass is 9.40. The predicted molar refractivity (Wildman–Crippen MR) is 177 cm³/mol. The zero-order valence-electron chi connectivity index (χ0n) is 29.8. The van der Waals surface area contributed by atoms with Crippen LogP contribution in [0.15, 0.2) is 12.1 Å². The number of nitrogens with one attached hydrogen (secondary N) is 1. The molecule has 11 atom stereocenters. The van der Waals surface area contributed by atoms with E-state index in [0.29, 0.717) is 25.2 Å². The second-order valence-corrected chi connectivity index (χ2v) is 18.4. The molecule has 9 heteroatoms. The Bertz CT molecular complexity index is 1810. The summed E-state index contributed by atoms with van der Waals surface area (Å²) in [6, 6.07) is 4.10. The highest BCUT2D eigenvalue weighted by atomic mass is 16.7. The Kier molecular flexibility index (Phi) is 5.90. The van der Waals surface area contributed by atoms with E-state index in [1.165, 1.54) is 23.6 Å². The van der Waals surface area contributed by atoms with Crippen molar-refractivity contribution >= 4 is 22.7 Å². The summed E-state index contributed by atoms with van der Waals surface area (Å²) >= 11 is 0. The fourth-order valence-electron chi connectivity index (χ4n) is 13.0. The fourth-order valence-corrected chi connectivity index (χ4v) is 13.0. The number of benzene rings is 1. The monoisotopic (exact) mass is 661 g/mol. The number of Topliss-reactive ketones (excluding diaryl/α,β-unsaturated/α-hetero) is 1. The fraction of sp³-hybridized carbons (Fsp3) is 0.744. The molecule has 1 spiro atoms. The van der Waals surface area contributed by atoms with Crippen LogP contribution >= 0.6 is 0 Å². The van der Waals surface area contributed by atoms with Crippen LogP contribution in [0.5, 0.6) is 0 Å². The van der Waals surface area contributed by atoms with Crippen molar-refractivity contribution in [3.8, 4) is 0 Å². The molecule has 0 radical (unpaired) electrons. The minimum absolute atomic E-state index is 0.0937. The molecule has 48 heavy (non-hydrogen) atoms. The van der Waals surface area contributed by atoms with Gasteiger partial charge in [0.15, 0.2) is 11.4 Å². The maximum Gasteiger partial charge on any atom is 0.303 e. The number of H-pyrrole nitrogens is 1. The summed E-state index contributed by atoms with van der Waals surface area (Å²) < 4.78 is 25.3. The van der Waals surface area contributed by atoms with E-state index in [2.05, 4.69) is 52.6 Å². The molecule has 9 rings (SSSR count). The Morgan fingerprint density at radius 2 is 1.75 bits per heavy atom. The van der Waals surface area contributed by atoms with Crippen LogP contribution in [0.25, 0.3) is 10.9 Å². The molecule has 7 aliphatic rings. The lowest BCUT2D eigenvalue weighted by molar-refractivity contribution is -0.282. The van der Waals surface area contributed by atoms with Crippen LogP contribution in [0.2, 0.25) is 0 Å². The number of hydrogen-bond acceptors (Lipinski definition) is 8. The molecule has 4 heterocycles. The van der Waals surface area contributed by atoms with Crippen LogP contribution in [0.4, 0.5) is 0 Å². The Labute approximate surface area is 282 Å². The third-order valence-electron chi connectivity index (χ3n) is 15.2. The SMILES string of the molecule is CC(=O)OC(C)(C)[C@H]1OC2CC[C@@]3(C)[C@@](O)(CCC4Cc5c([nH]c6ccc7c(c56)C[C@@H]5[C@@H](C7=O)C(C)(C)OC5(C)C)[C@@]43C)[C@]23O[C@H]3[C@@H]1O. The number of hydrogen-bond donors (Lipinski definition) is 3. The van der Waals surface area contributed by atoms with Gasteiger partial charge in [-0.3, -0.25) is 9.59 Å². The van der Waals surface area contributed by atoms with Crippen molar-refractivity contribution in [1.29, 1.82) is 0 Å². The van der Waals surface area contributed by atoms with E-state index in [0.717, 1.165) is 35.9 Å². The summed E-state index contributed by atoms with van der Waals surface area (Å²) in [6.07, 6.45) is 1.55. The first-order valence-electron chi connectivity index (χ1n) is 18.1. The van der Waals surface area contributed by atoms with Crippen molar-refractivity contribution in [2.75, 3.05) is 0 Å². The molecule has 9 nitrogen and oxygen atoms in total. The van der Waals surface area contributed by atoms with Crippen molar-refractivity contribution in [3.05, 3.63) is 34.5 Å². The smallest absolute Gasteiger partial charge is 0.303 e. The highest BCUT2D eigenvalue weighted by Gasteiger charge is 2.86. The zero-order valence-corrected chi connectivity index (χ0v) is 29.8. The first-order valence-corrected chi connectivity index (χ1v) is 18.1. The van der Waals surface area contributed by atoms with Crippen LogP contribution in [0.1, 0.15) is 115 Å². The van der Waals surface area contributed by atoms with Crippen molar-refractivity contribution < 1.29 is 38.7 Å². The molecule has 3 saturated heterocycles. The maximum absolute atomic E-state index is 14.2. The zero-order chi connectivity index (χ0) is 34.4. The maximum atomic E-state index is 14.2. The van der Waals surface area contributed by atoms with Gasteiger partial charge >= 0.3 is 5.97 Å². The van der Waals surface area contributed by atoms with Gasteiger partial charge in [-0.05, 0) is 109 Å². The molecule has 3 N–H and O–H groups in total. The molecule has 5 fully saturated rings. The minimum Gasteiger partial charge on any atom is -0.457 e. The summed E-state index contributed by atoms with van der Waals surface area (Å²) in [4.78, 5) is 30.0.